The van der Waals surface area contributed by atoms with E-state index < -0.39 is 0 Å². The van der Waals surface area contributed by atoms with Crippen LogP contribution in [0.2, 0.25) is 0 Å². The Morgan fingerprint density at radius 3 is 2.71 bits per heavy atom. The third-order valence-electron chi connectivity index (χ3n) is 2.99. The Hall–Kier alpha value is 0.310. The number of rotatable bonds is 5. The smallest absolute Gasteiger partial charge is 0.00387 e. The van der Waals surface area contributed by atoms with Crippen LogP contribution < -0.4 is 0 Å². The van der Waals surface area contributed by atoms with Gasteiger partial charge in [0.05, 0.1) is 0 Å². The molecule has 1 rings (SSSR count). The SMILES string of the molecule is CCCN(CC1CCCSC1)C(C)C. The first-order valence-electron chi connectivity index (χ1n) is 6.05. The normalized spacial score (nSPS) is 23.4. The van der Waals surface area contributed by atoms with Crippen LogP contribution in [0.25, 0.3) is 0 Å². The zero-order valence-electron chi connectivity index (χ0n) is 9.96. The molecular formula is C12H25NS. The van der Waals surface area contributed by atoms with Crippen molar-refractivity contribution in [3.05, 3.63) is 0 Å². The monoisotopic (exact) mass is 215 g/mol. The summed E-state index contributed by atoms with van der Waals surface area (Å²) in [6.45, 7) is 9.54. The van der Waals surface area contributed by atoms with Crippen LogP contribution in [-0.4, -0.2) is 35.5 Å². The molecule has 1 aliphatic heterocycles. The van der Waals surface area contributed by atoms with Gasteiger partial charge in [-0.3, -0.25) is 0 Å². The van der Waals surface area contributed by atoms with Gasteiger partial charge in [-0.2, -0.15) is 11.8 Å². The van der Waals surface area contributed by atoms with E-state index in [1.54, 1.807) is 0 Å². The van der Waals surface area contributed by atoms with Gasteiger partial charge in [-0.15, -0.1) is 0 Å². The van der Waals surface area contributed by atoms with Crippen LogP contribution in [0.15, 0.2) is 0 Å². The second kappa shape index (κ2) is 6.73. The van der Waals surface area contributed by atoms with E-state index >= 15 is 0 Å². The average molecular weight is 215 g/mol. The number of nitrogens with zero attached hydrogens (tertiary/aromatic N) is 1. The molecule has 0 aromatic rings. The molecule has 0 radical (unpaired) electrons. The van der Waals surface area contributed by atoms with E-state index in [2.05, 4.69) is 37.4 Å². The molecule has 0 saturated carbocycles. The zero-order valence-corrected chi connectivity index (χ0v) is 10.8. The number of hydrogen-bond donors (Lipinski definition) is 0. The van der Waals surface area contributed by atoms with Crippen molar-refractivity contribution >= 4 is 11.8 Å². The Morgan fingerprint density at radius 2 is 2.21 bits per heavy atom. The Kier molecular flexibility index (Phi) is 5.95. The molecule has 14 heavy (non-hydrogen) atoms. The largest absolute Gasteiger partial charge is 0.301 e. The molecule has 1 unspecified atom stereocenters. The molecule has 0 spiro atoms. The summed E-state index contributed by atoms with van der Waals surface area (Å²) >= 11 is 2.15. The minimum absolute atomic E-state index is 0.724. The lowest BCUT2D eigenvalue weighted by Crippen LogP contribution is -2.37. The minimum atomic E-state index is 0.724. The van der Waals surface area contributed by atoms with E-state index in [0.717, 1.165) is 12.0 Å². The summed E-state index contributed by atoms with van der Waals surface area (Å²) in [5.41, 5.74) is 0. The van der Waals surface area contributed by atoms with E-state index in [-0.39, 0.29) is 0 Å². The maximum Gasteiger partial charge on any atom is 0.00387 e. The average Bonchev–Trinajstić information content (AvgIpc) is 2.18. The Balaban J connectivity index is 2.29. The predicted octanol–water partition coefficient (Wildman–Crippen LogP) is 3.25. The van der Waals surface area contributed by atoms with Gasteiger partial charge in [0.15, 0.2) is 0 Å². The molecule has 0 aromatic carbocycles. The van der Waals surface area contributed by atoms with Gasteiger partial charge in [0.1, 0.15) is 0 Å². The molecule has 1 heterocycles. The third kappa shape index (κ3) is 4.22. The van der Waals surface area contributed by atoms with Crippen molar-refractivity contribution in [2.24, 2.45) is 5.92 Å². The van der Waals surface area contributed by atoms with Crippen molar-refractivity contribution in [1.29, 1.82) is 0 Å². The molecule has 84 valence electrons. The molecule has 1 fully saturated rings. The summed E-state index contributed by atoms with van der Waals surface area (Å²) in [7, 11) is 0. The molecule has 0 N–H and O–H groups in total. The zero-order chi connectivity index (χ0) is 10.4. The molecule has 2 heteroatoms. The lowest BCUT2D eigenvalue weighted by molar-refractivity contribution is 0.189. The number of thioether (sulfide) groups is 1. The van der Waals surface area contributed by atoms with Gasteiger partial charge in [-0.1, -0.05) is 6.92 Å². The van der Waals surface area contributed by atoms with Crippen molar-refractivity contribution in [2.45, 2.75) is 46.1 Å². The van der Waals surface area contributed by atoms with Crippen LogP contribution >= 0.6 is 11.8 Å². The fourth-order valence-electron chi connectivity index (χ4n) is 2.13. The van der Waals surface area contributed by atoms with Crippen molar-refractivity contribution in [1.82, 2.24) is 4.90 Å². The first kappa shape index (κ1) is 12.4. The first-order valence-corrected chi connectivity index (χ1v) is 7.21. The standard InChI is InChI=1S/C12H25NS/c1-4-7-13(11(2)3)9-12-6-5-8-14-10-12/h11-12H,4-10H2,1-3H3. The Bertz CT molecular complexity index is 141. The van der Waals surface area contributed by atoms with Gasteiger partial charge >= 0.3 is 0 Å². The lowest BCUT2D eigenvalue weighted by atomic mass is 10.0. The van der Waals surface area contributed by atoms with Gasteiger partial charge in [0.2, 0.25) is 0 Å². The van der Waals surface area contributed by atoms with Crippen LogP contribution in [0, 0.1) is 5.92 Å². The summed E-state index contributed by atoms with van der Waals surface area (Å²) in [6.07, 6.45) is 4.19. The quantitative estimate of drug-likeness (QED) is 0.692. The second-order valence-corrected chi connectivity index (χ2v) is 5.82. The van der Waals surface area contributed by atoms with Crippen LogP contribution in [0.4, 0.5) is 0 Å². The highest BCUT2D eigenvalue weighted by Gasteiger charge is 2.18. The second-order valence-electron chi connectivity index (χ2n) is 4.67. The molecular weight excluding hydrogens is 190 g/mol. The molecule has 1 nitrogen and oxygen atoms in total. The summed E-state index contributed by atoms with van der Waals surface area (Å²) in [5, 5.41) is 0. The molecule has 0 amide bonds. The molecule has 1 aliphatic rings. The molecule has 0 aliphatic carbocycles. The van der Waals surface area contributed by atoms with Crippen molar-refractivity contribution in [3.8, 4) is 0 Å². The Labute approximate surface area is 93.6 Å². The highest BCUT2D eigenvalue weighted by Crippen LogP contribution is 2.23. The maximum atomic E-state index is 2.65. The van der Waals surface area contributed by atoms with E-state index in [1.165, 1.54) is 43.9 Å². The summed E-state index contributed by atoms with van der Waals surface area (Å²) in [4.78, 5) is 2.65. The maximum absolute atomic E-state index is 2.65. The van der Waals surface area contributed by atoms with Gasteiger partial charge in [-0.25, -0.2) is 0 Å². The van der Waals surface area contributed by atoms with Crippen LogP contribution in [0.1, 0.15) is 40.0 Å². The van der Waals surface area contributed by atoms with Crippen molar-refractivity contribution in [3.63, 3.8) is 0 Å². The van der Waals surface area contributed by atoms with Crippen LogP contribution in [-0.2, 0) is 0 Å². The van der Waals surface area contributed by atoms with E-state index in [0.29, 0.717) is 0 Å². The van der Waals surface area contributed by atoms with Crippen LogP contribution in [0.3, 0.4) is 0 Å². The summed E-state index contributed by atoms with van der Waals surface area (Å²) in [5.74, 6) is 3.75. The minimum Gasteiger partial charge on any atom is -0.301 e. The van der Waals surface area contributed by atoms with Crippen molar-refractivity contribution in [2.75, 3.05) is 24.6 Å². The first-order chi connectivity index (χ1) is 6.74. The van der Waals surface area contributed by atoms with Gasteiger partial charge in [0, 0.05) is 12.6 Å². The fourth-order valence-corrected chi connectivity index (χ4v) is 3.27. The molecule has 0 aromatic heterocycles. The van der Waals surface area contributed by atoms with Crippen molar-refractivity contribution < 1.29 is 0 Å². The highest BCUT2D eigenvalue weighted by molar-refractivity contribution is 7.99. The van der Waals surface area contributed by atoms with Gasteiger partial charge < -0.3 is 4.90 Å². The third-order valence-corrected chi connectivity index (χ3v) is 4.27. The summed E-state index contributed by atoms with van der Waals surface area (Å²) in [6, 6.07) is 0.724. The lowest BCUT2D eigenvalue weighted by Gasteiger charge is -2.32. The number of hydrogen-bond acceptors (Lipinski definition) is 2. The van der Waals surface area contributed by atoms with Gasteiger partial charge in [-0.05, 0) is 57.1 Å². The fraction of sp³-hybridized carbons (Fsp3) is 1.00. The molecule has 0 bridgehead atoms. The van der Waals surface area contributed by atoms with Crippen LogP contribution in [0.5, 0.6) is 0 Å². The van der Waals surface area contributed by atoms with E-state index in [1.807, 2.05) is 0 Å². The predicted molar refractivity (Wildman–Crippen MR) is 67.0 cm³/mol. The molecule has 1 saturated heterocycles. The Morgan fingerprint density at radius 1 is 1.43 bits per heavy atom. The van der Waals surface area contributed by atoms with Gasteiger partial charge in [0.25, 0.3) is 0 Å². The van der Waals surface area contributed by atoms with E-state index in [4.69, 9.17) is 0 Å². The molecule has 1 atom stereocenters. The topological polar surface area (TPSA) is 3.24 Å². The van der Waals surface area contributed by atoms with E-state index in [9.17, 15) is 0 Å². The highest BCUT2D eigenvalue weighted by atomic mass is 32.2. The summed E-state index contributed by atoms with van der Waals surface area (Å²) < 4.78 is 0.